The number of likely N-dealkylation sites (tertiary alicyclic amines) is 2. The van der Waals surface area contributed by atoms with Crippen molar-refractivity contribution in [3.8, 4) is 17.2 Å². The van der Waals surface area contributed by atoms with Gasteiger partial charge < -0.3 is 24.0 Å². The van der Waals surface area contributed by atoms with Gasteiger partial charge in [-0.3, -0.25) is 9.59 Å². The third-order valence-electron chi connectivity index (χ3n) is 6.55. The monoisotopic (exact) mass is 472 g/mol. The Kier molecular flexibility index (Phi) is 6.98. The van der Waals surface area contributed by atoms with Gasteiger partial charge in [0.15, 0.2) is 11.5 Å². The molecule has 0 bridgehead atoms. The number of hydrogen-bond acceptors (Lipinski definition) is 5. The first kappa shape index (κ1) is 23.2. The molecule has 2 amide bonds. The van der Waals surface area contributed by atoms with Gasteiger partial charge in [-0.05, 0) is 54.8 Å². The maximum Gasteiger partial charge on any atom is 0.253 e. The molecule has 4 rings (SSSR count). The first-order valence-electron chi connectivity index (χ1n) is 11.1. The van der Waals surface area contributed by atoms with Crippen LogP contribution >= 0.6 is 11.6 Å². The highest BCUT2D eigenvalue weighted by Gasteiger charge is 2.43. The lowest BCUT2D eigenvalue weighted by Crippen LogP contribution is -2.37. The summed E-state index contributed by atoms with van der Waals surface area (Å²) < 4.78 is 16.5. The molecule has 0 radical (unpaired) electrons. The van der Waals surface area contributed by atoms with Crippen molar-refractivity contribution in [3.63, 3.8) is 0 Å². The number of carbonyl (C=O) groups is 2. The highest BCUT2D eigenvalue weighted by Crippen LogP contribution is 2.44. The largest absolute Gasteiger partial charge is 0.493 e. The average Bonchev–Trinajstić information content (AvgIpc) is 3.53. The van der Waals surface area contributed by atoms with Crippen LogP contribution in [0.4, 0.5) is 0 Å². The summed E-state index contributed by atoms with van der Waals surface area (Å²) in [6, 6.07) is 10.6. The number of rotatable bonds is 6. The zero-order valence-corrected chi connectivity index (χ0v) is 19.9. The summed E-state index contributed by atoms with van der Waals surface area (Å²) >= 11 is 5.99. The van der Waals surface area contributed by atoms with E-state index in [1.165, 1.54) is 0 Å². The summed E-state index contributed by atoms with van der Waals surface area (Å²) in [5.74, 6) is 1.00. The topological polar surface area (TPSA) is 68.3 Å². The molecule has 0 N–H and O–H groups in total. The molecule has 7 nitrogen and oxygen atoms in total. The van der Waals surface area contributed by atoms with Gasteiger partial charge in [0.05, 0.1) is 27.2 Å². The second kappa shape index (κ2) is 9.91. The molecule has 2 aliphatic rings. The van der Waals surface area contributed by atoms with E-state index in [4.69, 9.17) is 25.8 Å². The minimum absolute atomic E-state index is 0.0951. The summed E-state index contributed by atoms with van der Waals surface area (Å²) in [6.07, 6.45) is 2.03. The lowest BCUT2D eigenvalue weighted by atomic mass is 9.87. The number of hydrogen-bond donors (Lipinski definition) is 0. The van der Waals surface area contributed by atoms with E-state index >= 15 is 0 Å². The number of amides is 2. The fourth-order valence-electron chi connectivity index (χ4n) is 4.82. The summed E-state index contributed by atoms with van der Waals surface area (Å²) in [6.45, 7) is 2.31. The zero-order chi connectivity index (χ0) is 23.5. The highest BCUT2D eigenvalue weighted by atomic mass is 35.5. The van der Waals surface area contributed by atoms with Gasteiger partial charge in [-0.1, -0.05) is 11.6 Å². The molecule has 0 saturated carbocycles. The average molecular weight is 473 g/mol. The van der Waals surface area contributed by atoms with E-state index < -0.39 is 0 Å². The molecular formula is C25H29ClN2O5. The van der Waals surface area contributed by atoms with Crippen LogP contribution in [0.2, 0.25) is 5.02 Å². The Labute approximate surface area is 199 Å². The van der Waals surface area contributed by atoms with Gasteiger partial charge in [0, 0.05) is 42.7 Å². The van der Waals surface area contributed by atoms with Crippen LogP contribution in [0.5, 0.6) is 17.2 Å². The van der Waals surface area contributed by atoms with Crippen molar-refractivity contribution in [1.29, 1.82) is 0 Å². The van der Waals surface area contributed by atoms with Gasteiger partial charge in [-0.25, -0.2) is 0 Å². The molecule has 2 aliphatic heterocycles. The summed E-state index contributed by atoms with van der Waals surface area (Å²) in [5, 5.41) is 0.574. The van der Waals surface area contributed by atoms with Crippen molar-refractivity contribution in [2.75, 3.05) is 47.5 Å². The summed E-state index contributed by atoms with van der Waals surface area (Å²) in [4.78, 5) is 30.4. The van der Waals surface area contributed by atoms with Gasteiger partial charge >= 0.3 is 0 Å². The Bertz CT molecular complexity index is 995. The molecule has 8 heteroatoms. The molecule has 0 aromatic heterocycles. The third-order valence-corrected chi connectivity index (χ3v) is 6.80. The summed E-state index contributed by atoms with van der Waals surface area (Å²) in [7, 11) is 4.69. The van der Waals surface area contributed by atoms with Gasteiger partial charge in [0.2, 0.25) is 11.7 Å². The van der Waals surface area contributed by atoms with Crippen LogP contribution < -0.4 is 14.2 Å². The number of nitrogens with zero attached hydrogens (tertiary/aromatic N) is 2. The van der Waals surface area contributed by atoms with E-state index in [2.05, 4.69) is 0 Å². The SMILES string of the molecule is COc1cc(C2CN(C(=O)c3ccc(Cl)cc3)CC2C(=O)N2CCCC2)cc(OC)c1OC. The van der Waals surface area contributed by atoms with E-state index in [1.807, 2.05) is 17.0 Å². The van der Waals surface area contributed by atoms with Crippen molar-refractivity contribution in [1.82, 2.24) is 9.80 Å². The second-order valence-corrected chi connectivity index (χ2v) is 8.86. The van der Waals surface area contributed by atoms with Crippen molar-refractivity contribution in [3.05, 3.63) is 52.5 Å². The Morgan fingerprint density at radius 2 is 1.48 bits per heavy atom. The van der Waals surface area contributed by atoms with Crippen molar-refractivity contribution < 1.29 is 23.8 Å². The summed E-state index contributed by atoms with van der Waals surface area (Å²) in [5.41, 5.74) is 1.44. The molecule has 33 heavy (non-hydrogen) atoms. The minimum atomic E-state index is -0.345. The number of carbonyl (C=O) groups excluding carboxylic acids is 2. The smallest absolute Gasteiger partial charge is 0.253 e. The maximum atomic E-state index is 13.5. The molecule has 2 atom stereocenters. The lowest BCUT2D eigenvalue weighted by Gasteiger charge is -2.25. The van der Waals surface area contributed by atoms with Crippen LogP contribution in [0.3, 0.4) is 0 Å². The second-order valence-electron chi connectivity index (χ2n) is 8.42. The van der Waals surface area contributed by atoms with Crippen molar-refractivity contribution in [2.24, 2.45) is 5.92 Å². The number of methoxy groups -OCH3 is 3. The Hall–Kier alpha value is -2.93. The molecule has 0 spiro atoms. The lowest BCUT2D eigenvalue weighted by molar-refractivity contribution is -0.134. The van der Waals surface area contributed by atoms with Crippen LogP contribution in [0, 0.1) is 5.92 Å². The molecule has 2 saturated heterocycles. The van der Waals surface area contributed by atoms with E-state index in [0.29, 0.717) is 40.9 Å². The van der Waals surface area contributed by atoms with Crippen LogP contribution in [0.15, 0.2) is 36.4 Å². The van der Waals surface area contributed by atoms with Gasteiger partial charge in [-0.15, -0.1) is 0 Å². The number of benzene rings is 2. The molecule has 0 aliphatic carbocycles. The predicted molar refractivity (Wildman–Crippen MR) is 125 cm³/mol. The minimum Gasteiger partial charge on any atom is -0.493 e. The molecule has 2 unspecified atom stereocenters. The molecular weight excluding hydrogens is 444 g/mol. The van der Waals surface area contributed by atoms with Crippen molar-refractivity contribution in [2.45, 2.75) is 18.8 Å². The first-order valence-corrected chi connectivity index (χ1v) is 11.5. The molecule has 2 aromatic rings. The predicted octanol–water partition coefficient (Wildman–Crippen LogP) is 3.84. The number of halogens is 1. The van der Waals surface area contributed by atoms with E-state index in [0.717, 1.165) is 31.5 Å². The van der Waals surface area contributed by atoms with Crippen LogP contribution in [0.1, 0.15) is 34.7 Å². The Morgan fingerprint density at radius 3 is 2.03 bits per heavy atom. The van der Waals surface area contributed by atoms with Crippen LogP contribution in [-0.2, 0) is 4.79 Å². The van der Waals surface area contributed by atoms with Gasteiger partial charge in [0.1, 0.15) is 0 Å². The highest BCUT2D eigenvalue weighted by molar-refractivity contribution is 6.30. The maximum absolute atomic E-state index is 13.5. The standard InChI is InChI=1S/C25H29ClN2O5/c1-31-21-12-17(13-22(32-2)23(21)33-3)19-14-28(24(29)16-6-8-18(26)9-7-16)15-20(19)25(30)27-10-4-5-11-27/h6-9,12-13,19-20H,4-5,10-11,14-15H2,1-3H3. The van der Waals surface area contributed by atoms with Crippen LogP contribution in [-0.4, -0.2) is 69.1 Å². The fourth-order valence-corrected chi connectivity index (χ4v) is 4.95. The van der Waals surface area contributed by atoms with E-state index in [9.17, 15) is 9.59 Å². The Morgan fingerprint density at radius 1 is 0.879 bits per heavy atom. The fraction of sp³-hybridized carbons (Fsp3) is 0.440. The van der Waals surface area contributed by atoms with E-state index in [1.54, 1.807) is 50.5 Å². The number of ether oxygens (including phenoxy) is 3. The van der Waals surface area contributed by atoms with Crippen molar-refractivity contribution >= 4 is 23.4 Å². The quantitative estimate of drug-likeness (QED) is 0.639. The normalized spacial score (nSPS) is 20.1. The molecule has 2 aromatic carbocycles. The Balaban J connectivity index is 1.69. The molecule has 176 valence electrons. The van der Waals surface area contributed by atoms with Gasteiger partial charge in [0.25, 0.3) is 5.91 Å². The zero-order valence-electron chi connectivity index (χ0n) is 19.2. The van der Waals surface area contributed by atoms with E-state index in [-0.39, 0.29) is 23.7 Å². The van der Waals surface area contributed by atoms with Gasteiger partial charge in [-0.2, -0.15) is 0 Å². The first-order chi connectivity index (χ1) is 16.0. The third kappa shape index (κ3) is 4.60. The molecule has 2 fully saturated rings. The molecule has 2 heterocycles. The van der Waals surface area contributed by atoms with Crippen LogP contribution in [0.25, 0.3) is 0 Å².